The van der Waals surface area contributed by atoms with Gasteiger partial charge in [0.2, 0.25) is 0 Å². The van der Waals surface area contributed by atoms with Gasteiger partial charge in [0.25, 0.3) is 11.6 Å². The Balaban J connectivity index is 1.60. The number of hydrogen-bond acceptors (Lipinski definition) is 5. The molecule has 1 aliphatic rings. The smallest absolute Gasteiger partial charge is 0.259 e. The van der Waals surface area contributed by atoms with Crippen LogP contribution in [0, 0.1) is 5.82 Å². The molecule has 2 N–H and O–H groups in total. The van der Waals surface area contributed by atoms with E-state index in [9.17, 15) is 14.3 Å². The molecule has 0 bridgehead atoms. The Morgan fingerprint density at radius 1 is 1.39 bits per heavy atom. The number of aliphatic hydroxyl groups is 1. The average molecular weight is 383 g/mol. The Morgan fingerprint density at radius 3 is 2.89 bits per heavy atom. The number of aromatic nitrogens is 2. The number of aryl methyl sites for hydroxylation is 1. The molecule has 1 aromatic carbocycles. The quantitative estimate of drug-likeness (QED) is 0.650. The predicted octanol–water partition coefficient (Wildman–Crippen LogP) is 3.66. The van der Waals surface area contributed by atoms with Gasteiger partial charge in [-0.05, 0) is 31.4 Å². The minimum absolute atomic E-state index is 0.100. The molecule has 1 amide bonds. The van der Waals surface area contributed by atoms with Crippen LogP contribution in [-0.2, 0) is 6.42 Å². The first-order valence-corrected chi connectivity index (χ1v) is 9.58. The largest absolute Gasteiger partial charge is 0.386 e. The Bertz CT molecular complexity index is 1010. The number of pyridine rings is 1. The second kappa shape index (κ2) is 7.67. The van der Waals surface area contributed by atoms with Gasteiger partial charge in [-0.2, -0.15) is 0 Å². The number of aliphatic hydroxyl groups excluding tert-OH is 1. The number of fused-ring (bicyclic) bond motifs is 1. The third-order valence-electron chi connectivity index (χ3n) is 4.98. The van der Waals surface area contributed by atoms with Gasteiger partial charge in [0, 0.05) is 23.7 Å². The molecule has 3 aromatic rings. The van der Waals surface area contributed by atoms with Crippen molar-refractivity contribution in [2.45, 2.75) is 44.6 Å². The number of carbonyl (C=O) groups excluding carboxylic acids is 1. The average Bonchev–Trinajstić information content (AvgIpc) is 3.47. The van der Waals surface area contributed by atoms with E-state index in [1.54, 1.807) is 18.2 Å². The van der Waals surface area contributed by atoms with Crippen LogP contribution in [0.2, 0.25) is 0 Å². The zero-order valence-corrected chi connectivity index (χ0v) is 15.6. The third kappa shape index (κ3) is 3.62. The van der Waals surface area contributed by atoms with Crippen LogP contribution in [0.15, 0.2) is 34.9 Å². The van der Waals surface area contributed by atoms with Crippen LogP contribution in [0.1, 0.15) is 65.5 Å². The van der Waals surface area contributed by atoms with Gasteiger partial charge >= 0.3 is 0 Å². The highest BCUT2D eigenvalue weighted by Crippen LogP contribution is 2.40. The molecule has 7 heteroatoms. The van der Waals surface area contributed by atoms with Gasteiger partial charge in [-0.1, -0.05) is 36.7 Å². The first kappa shape index (κ1) is 18.6. The first-order chi connectivity index (χ1) is 13.6. The Morgan fingerprint density at radius 2 is 2.18 bits per heavy atom. The fourth-order valence-electron chi connectivity index (χ4n) is 3.34. The molecule has 6 nitrogen and oxygen atoms in total. The fourth-order valence-corrected chi connectivity index (χ4v) is 3.34. The number of halogens is 1. The van der Waals surface area contributed by atoms with Crippen molar-refractivity contribution in [2.75, 3.05) is 6.54 Å². The van der Waals surface area contributed by atoms with E-state index in [-0.39, 0.29) is 18.0 Å². The number of benzene rings is 1. The van der Waals surface area contributed by atoms with E-state index in [1.165, 1.54) is 12.1 Å². The molecule has 2 heterocycles. The Labute approximate surface area is 161 Å². The highest BCUT2D eigenvalue weighted by molar-refractivity contribution is 6.06. The van der Waals surface area contributed by atoms with Crippen LogP contribution in [0.4, 0.5) is 4.39 Å². The van der Waals surface area contributed by atoms with Crippen LogP contribution in [0.3, 0.4) is 0 Å². The molecular formula is C21H22FN3O3. The van der Waals surface area contributed by atoms with E-state index in [1.807, 2.05) is 6.92 Å². The topological polar surface area (TPSA) is 88.2 Å². The molecular weight excluding hydrogens is 361 g/mol. The predicted molar refractivity (Wildman–Crippen MR) is 101 cm³/mol. The summed E-state index contributed by atoms with van der Waals surface area (Å²) in [6.07, 6.45) is 2.49. The van der Waals surface area contributed by atoms with Crippen molar-refractivity contribution in [2.24, 2.45) is 0 Å². The molecule has 1 aliphatic carbocycles. The first-order valence-electron chi connectivity index (χ1n) is 9.58. The molecule has 146 valence electrons. The molecule has 2 aromatic heterocycles. The monoisotopic (exact) mass is 383 g/mol. The molecule has 4 rings (SSSR count). The van der Waals surface area contributed by atoms with E-state index in [0.29, 0.717) is 34.7 Å². The van der Waals surface area contributed by atoms with E-state index < -0.39 is 11.9 Å². The van der Waals surface area contributed by atoms with Crippen molar-refractivity contribution in [3.05, 3.63) is 58.7 Å². The molecule has 0 unspecified atom stereocenters. The lowest BCUT2D eigenvalue weighted by Gasteiger charge is -2.14. The van der Waals surface area contributed by atoms with E-state index in [0.717, 1.165) is 25.0 Å². The van der Waals surface area contributed by atoms with E-state index >= 15 is 0 Å². The van der Waals surface area contributed by atoms with Crippen molar-refractivity contribution in [1.82, 2.24) is 15.5 Å². The summed E-state index contributed by atoms with van der Waals surface area (Å²) in [4.78, 5) is 17.4. The molecule has 0 spiro atoms. The number of amides is 1. The molecule has 1 atom stereocenters. The summed E-state index contributed by atoms with van der Waals surface area (Å²) in [5.41, 5.74) is 2.49. The highest BCUT2D eigenvalue weighted by atomic mass is 19.1. The molecule has 1 saturated carbocycles. The minimum Gasteiger partial charge on any atom is -0.386 e. The maximum Gasteiger partial charge on any atom is 0.259 e. The summed E-state index contributed by atoms with van der Waals surface area (Å²) >= 11 is 0. The van der Waals surface area contributed by atoms with Crippen LogP contribution in [0.5, 0.6) is 0 Å². The van der Waals surface area contributed by atoms with Crippen molar-refractivity contribution >= 4 is 17.0 Å². The van der Waals surface area contributed by atoms with Crippen LogP contribution < -0.4 is 5.32 Å². The summed E-state index contributed by atoms with van der Waals surface area (Å²) in [5, 5.41) is 17.7. The minimum atomic E-state index is -1.14. The zero-order chi connectivity index (χ0) is 19.7. The van der Waals surface area contributed by atoms with Gasteiger partial charge in [-0.25, -0.2) is 9.37 Å². The lowest BCUT2D eigenvalue weighted by Crippen LogP contribution is -2.29. The van der Waals surface area contributed by atoms with E-state index in [4.69, 9.17) is 4.52 Å². The van der Waals surface area contributed by atoms with Gasteiger partial charge in [0.15, 0.2) is 0 Å². The normalized spacial score (nSPS) is 15.0. The Hall–Kier alpha value is -2.80. The summed E-state index contributed by atoms with van der Waals surface area (Å²) < 4.78 is 19.2. The van der Waals surface area contributed by atoms with Crippen LogP contribution >= 0.6 is 0 Å². The molecule has 0 saturated heterocycles. The van der Waals surface area contributed by atoms with Crippen molar-refractivity contribution in [3.8, 4) is 0 Å². The van der Waals surface area contributed by atoms with Gasteiger partial charge in [-0.3, -0.25) is 4.79 Å². The van der Waals surface area contributed by atoms with Gasteiger partial charge in [-0.15, -0.1) is 0 Å². The van der Waals surface area contributed by atoms with Gasteiger partial charge in [0.05, 0.1) is 22.7 Å². The number of rotatable bonds is 7. The molecule has 0 aliphatic heterocycles. The van der Waals surface area contributed by atoms with Gasteiger partial charge < -0.3 is 14.9 Å². The number of hydrogen-bond donors (Lipinski definition) is 2. The number of nitrogens with zero attached hydrogens (tertiary/aromatic N) is 2. The standard InChI is InChI=1S/C21H22FN3O3/c1-2-5-16-19-14(10-17(12-8-9-12)24-21(19)28-25-16)20(27)23-11-18(26)13-6-3-4-7-15(13)22/h3-4,6-7,10,12,18,26H,2,5,8-9,11H2,1H3,(H,23,27)/t18-/m1/s1. The highest BCUT2D eigenvalue weighted by Gasteiger charge is 2.29. The number of carbonyl (C=O) groups is 1. The molecule has 28 heavy (non-hydrogen) atoms. The molecule has 0 radical (unpaired) electrons. The fraction of sp³-hybridized carbons (Fsp3) is 0.381. The van der Waals surface area contributed by atoms with Crippen molar-refractivity contribution in [3.63, 3.8) is 0 Å². The summed E-state index contributed by atoms with van der Waals surface area (Å²) in [5.74, 6) is -0.513. The van der Waals surface area contributed by atoms with E-state index in [2.05, 4.69) is 15.5 Å². The SMILES string of the molecule is CCCc1noc2nc(C3CC3)cc(C(=O)NC[C@@H](O)c3ccccc3F)c12. The van der Waals surface area contributed by atoms with Crippen LogP contribution in [-0.4, -0.2) is 27.7 Å². The molecule has 1 fully saturated rings. The summed E-state index contributed by atoms with van der Waals surface area (Å²) in [6.45, 7) is 1.92. The van der Waals surface area contributed by atoms with Crippen molar-refractivity contribution in [1.29, 1.82) is 0 Å². The van der Waals surface area contributed by atoms with Gasteiger partial charge in [0.1, 0.15) is 5.82 Å². The zero-order valence-electron chi connectivity index (χ0n) is 15.6. The second-order valence-electron chi connectivity index (χ2n) is 7.18. The lowest BCUT2D eigenvalue weighted by molar-refractivity contribution is 0.0915. The maximum atomic E-state index is 13.8. The third-order valence-corrected chi connectivity index (χ3v) is 4.98. The second-order valence-corrected chi connectivity index (χ2v) is 7.18. The lowest BCUT2D eigenvalue weighted by atomic mass is 10.0. The number of nitrogens with one attached hydrogen (secondary N) is 1. The Kier molecular flexibility index (Phi) is 5.09. The van der Waals surface area contributed by atoms with Crippen LogP contribution in [0.25, 0.3) is 11.1 Å². The maximum absolute atomic E-state index is 13.8. The summed E-state index contributed by atoms with van der Waals surface area (Å²) in [7, 11) is 0. The summed E-state index contributed by atoms with van der Waals surface area (Å²) in [6, 6.07) is 7.77. The van der Waals surface area contributed by atoms with Crippen molar-refractivity contribution < 1.29 is 18.8 Å².